The first-order valence-electron chi connectivity index (χ1n) is 14.1. The van der Waals surface area contributed by atoms with Crippen LogP contribution in [0.4, 0.5) is 11.4 Å². The van der Waals surface area contributed by atoms with Crippen molar-refractivity contribution in [1.82, 2.24) is 9.97 Å². The number of ketones is 2. The molecule has 0 amide bonds. The molecule has 0 spiro atoms. The molecular formula is C38H32Cl2MnN6O4+2. The number of carbonyl (C=O) groups is 2. The van der Waals surface area contributed by atoms with Crippen molar-refractivity contribution in [3.05, 3.63) is 201 Å². The van der Waals surface area contributed by atoms with Crippen molar-refractivity contribution in [2.24, 2.45) is 0 Å². The molecule has 0 fully saturated rings. The van der Waals surface area contributed by atoms with Crippen molar-refractivity contribution in [3.8, 4) is 12.4 Å². The number of nitrogens with zero attached hydrogens (tertiary/aromatic N) is 6. The van der Waals surface area contributed by atoms with Crippen molar-refractivity contribution < 1.29 is 37.6 Å². The standard InChI is InChI=1S/2C12H9NO.2C7H4ClN2.Mn.2H2O/c2*14-12(10-4-2-1-3-5-10)11-6-8-13-9-7-11;2*8-6-2-1-3-7(4-6)10-5-9;;;/h2*1-9H;2*1-4H;;2*1H2/q;;2*-1;+2;;/p+2. The van der Waals surface area contributed by atoms with Crippen LogP contribution in [0.1, 0.15) is 31.8 Å². The molecule has 0 saturated carbocycles. The molecule has 10 nitrogen and oxygen atoms in total. The summed E-state index contributed by atoms with van der Waals surface area (Å²) in [5.74, 6) is 0.0704. The van der Waals surface area contributed by atoms with E-state index in [4.69, 9.17) is 33.7 Å². The maximum absolute atomic E-state index is 11.8. The van der Waals surface area contributed by atoms with Crippen LogP contribution >= 0.6 is 23.2 Å². The number of hydrogen-bond donors (Lipinski definition) is 0. The van der Waals surface area contributed by atoms with E-state index in [1.165, 1.54) is 0 Å². The second-order valence-electron chi connectivity index (χ2n) is 9.25. The summed E-state index contributed by atoms with van der Waals surface area (Å²) in [6, 6.07) is 39.0. The Balaban J connectivity index is 0.000000649. The van der Waals surface area contributed by atoms with Gasteiger partial charge in [0.05, 0.1) is 0 Å². The third-order valence-electron chi connectivity index (χ3n) is 5.93. The fourth-order valence-corrected chi connectivity index (χ4v) is 4.09. The van der Waals surface area contributed by atoms with E-state index >= 15 is 0 Å². The van der Waals surface area contributed by atoms with E-state index in [0.29, 0.717) is 43.7 Å². The van der Waals surface area contributed by atoms with Gasteiger partial charge in [0.15, 0.2) is 11.6 Å². The molecule has 0 saturated heterocycles. The number of carbonyl (C=O) groups excluding carboxylic acids is 2. The van der Waals surface area contributed by atoms with Crippen LogP contribution in [-0.2, 0) is 28.0 Å². The third-order valence-corrected chi connectivity index (χ3v) is 6.40. The second-order valence-corrected chi connectivity index (χ2v) is 10.1. The molecule has 1 radical (unpaired) electrons. The monoisotopic (exact) mass is 761 g/mol. The van der Waals surface area contributed by atoms with Gasteiger partial charge in [0.25, 0.3) is 0 Å². The normalized spacial score (nSPS) is 8.63. The minimum Gasteiger partial charge on any atom is -0.494 e. The summed E-state index contributed by atoms with van der Waals surface area (Å²) in [5, 5.41) is 24.5. The third kappa shape index (κ3) is 16.9. The first-order valence-corrected chi connectivity index (χ1v) is 14.9. The van der Waals surface area contributed by atoms with Crippen molar-refractivity contribution in [3.63, 3.8) is 0 Å². The van der Waals surface area contributed by atoms with Gasteiger partial charge >= 0.3 is 17.1 Å². The fourth-order valence-electron chi connectivity index (χ4n) is 3.73. The first kappa shape index (κ1) is 45.1. The molecule has 0 atom stereocenters. The van der Waals surface area contributed by atoms with Gasteiger partial charge in [0.2, 0.25) is 0 Å². The molecule has 51 heavy (non-hydrogen) atoms. The van der Waals surface area contributed by atoms with Crippen molar-refractivity contribution in [2.45, 2.75) is 0 Å². The minimum absolute atomic E-state index is 0. The van der Waals surface area contributed by atoms with Crippen LogP contribution in [0, 0.1) is 22.9 Å². The van der Waals surface area contributed by atoms with Gasteiger partial charge < -0.3 is 32.1 Å². The molecule has 0 bridgehead atoms. The van der Waals surface area contributed by atoms with Gasteiger partial charge in [0.1, 0.15) is 0 Å². The minimum atomic E-state index is 0. The molecule has 2 heterocycles. The van der Waals surface area contributed by atoms with Crippen LogP contribution in [0.3, 0.4) is 0 Å². The summed E-state index contributed by atoms with van der Waals surface area (Å²) in [7, 11) is 0. The Bertz CT molecular complexity index is 1740. The van der Waals surface area contributed by atoms with Gasteiger partial charge in [-0.15, -0.1) is 0 Å². The van der Waals surface area contributed by atoms with Crippen LogP contribution < -0.4 is 0 Å². The van der Waals surface area contributed by atoms with Gasteiger partial charge in [-0.2, -0.15) is 0 Å². The SMILES string of the molecule is N#C[N-]c1cccc(Cl)c1.N#C[N-]c1cccc(Cl)c1.O=C(c1ccccc1)c1ccncc1.O=C(c1ccccc1)c1ccncc1.[Mn+2].[OH3+].[OH3+]. The maximum Gasteiger partial charge on any atom is 2.00 e. The molecule has 6 aromatic rings. The van der Waals surface area contributed by atoms with Gasteiger partial charge in [0, 0.05) is 57.1 Å². The van der Waals surface area contributed by atoms with Gasteiger partial charge in [-0.1, -0.05) is 121 Å². The predicted molar refractivity (Wildman–Crippen MR) is 198 cm³/mol. The zero-order valence-electron chi connectivity index (χ0n) is 26.8. The molecule has 0 aliphatic heterocycles. The zero-order chi connectivity index (χ0) is 34.4. The average Bonchev–Trinajstić information content (AvgIpc) is 3.14. The van der Waals surface area contributed by atoms with Crippen LogP contribution in [0.15, 0.2) is 158 Å². The number of benzene rings is 4. The smallest absolute Gasteiger partial charge is 0.494 e. The Hall–Kier alpha value is -5.88. The van der Waals surface area contributed by atoms with Crippen molar-refractivity contribution in [2.75, 3.05) is 0 Å². The van der Waals surface area contributed by atoms with E-state index in [-0.39, 0.29) is 39.6 Å². The summed E-state index contributed by atoms with van der Waals surface area (Å²) in [6.45, 7) is 0. The average molecular weight is 763 g/mol. The summed E-state index contributed by atoms with van der Waals surface area (Å²) >= 11 is 11.2. The maximum atomic E-state index is 11.8. The molecule has 0 aliphatic rings. The van der Waals surface area contributed by atoms with E-state index in [2.05, 4.69) is 20.6 Å². The fraction of sp³-hybridized carbons (Fsp3) is 0. The molecular weight excluding hydrogens is 730 g/mol. The van der Waals surface area contributed by atoms with Crippen LogP contribution in [0.2, 0.25) is 10.0 Å². The molecule has 13 heteroatoms. The van der Waals surface area contributed by atoms with Gasteiger partial charge in [-0.05, 0) is 59.9 Å². The van der Waals surface area contributed by atoms with Gasteiger partial charge in [-0.3, -0.25) is 19.6 Å². The zero-order valence-corrected chi connectivity index (χ0v) is 29.5. The number of halogens is 2. The molecule has 4 aromatic carbocycles. The van der Waals surface area contributed by atoms with E-state index in [0.717, 1.165) is 0 Å². The van der Waals surface area contributed by atoms with Gasteiger partial charge in [-0.25, -0.2) is 0 Å². The van der Waals surface area contributed by atoms with Crippen LogP contribution in [-0.4, -0.2) is 21.5 Å². The summed E-state index contributed by atoms with van der Waals surface area (Å²) in [5.41, 5.74) is 3.94. The Morgan fingerprint density at radius 2 is 0.804 bits per heavy atom. The number of pyridine rings is 2. The largest absolute Gasteiger partial charge is 2.00 e. The van der Waals surface area contributed by atoms with Crippen LogP contribution in [0.5, 0.6) is 0 Å². The quantitative estimate of drug-likeness (QED) is 0.0705. The number of aromatic nitrogens is 2. The predicted octanol–water partition coefficient (Wildman–Crippen LogP) is 8.43. The van der Waals surface area contributed by atoms with E-state index in [9.17, 15) is 9.59 Å². The molecule has 257 valence electrons. The molecule has 6 rings (SSSR count). The topological polar surface area (TPSA) is 202 Å². The Morgan fingerprint density at radius 1 is 0.490 bits per heavy atom. The van der Waals surface area contributed by atoms with E-state index in [1.54, 1.807) is 110 Å². The van der Waals surface area contributed by atoms with Crippen molar-refractivity contribution in [1.29, 1.82) is 10.5 Å². The number of rotatable bonds is 6. The molecule has 0 aliphatic carbocycles. The van der Waals surface area contributed by atoms with E-state index in [1.807, 2.05) is 60.7 Å². The van der Waals surface area contributed by atoms with Crippen molar-refractivity contribution >= 4 is 46.1 Å². The summed E-state index contributed by atoms with van der Waals surface area (Å²) in [4.78, 5) is 31.4. The number of nitriles is 2. The van der Waals surface area contributed by atoms with Crippen LogP contribution in [0.25, 0.3) is 10.6 Å². The summed E-state index contributed by atoms with van der Waals surface area (Å²) in [6.07, 6.45) is 9.84. The summed E-state index contributed by atoms with van der Waals surface area (Å²) < 4.78 is 0. The Labute approximate surface area is 316 Å². The second kappa shape index (κ2) is 26.0. The Morgan fingerprint density at radius 3 is 1.10 bits per heavy atom. The molecule has 6 N–H and O–H groups in total. The Kier molecular flexibility index (Phi) is 23.0. The number of hydrogen-bond acceptors (Lipinski definition) is 6. The van der Waals surface area contributed by atoms with E-state index < -0.39 is 0 Å². The molecule has 2 aromatic heterocycles. The molecule has 0 unspecified atom stereocenters. The first-order chi connectivity index (χ1) is 23.4.